The smallest absolute Gasteiger partial charge is 0.327 e. The molecule has 0 atom stereocenters. The van der Waals surface area contributed by atoms with Crippen LogP contribution in [0, 0.1) is 0 Å². The van der Waals surface area contributed by atoms with Crippen molar-refractivity contribution in [1.29, 1.82) is 0 Å². The number of unbranched alkanes of at least 4 members (excludes halogenated alkanes) is 1. The molecule has 0 saturated heterocycles. The van der Waals surface area contributed by atoms with Gasteiger partial charge in [-0.2, -0.15) is 13.2 Å². The molecule has 0 fully saturated rings. The largest absolute Gasteiger partial charge is 0.389 e. The summed E-state index contributed by atoms with van der Waals surface area (Å²) in [5, 5.41) is 0.570. The van der Waals surface area contributed by atoms with E-state index >= 15 is 0 Å². The van der Waals surface area contributed by atoms with E-state index in [1.54, 1.807) is 12.1 Å². The first kappa shape index (κ1) is 15.4. The van der Waals surface area contributed by atoms with Crippen LogP contribution in [0.4, 0.5) is 13.2 Å². The summed E-state index contributed by atoms with van der Waals surface area (Å²) in [6.45, 7) is 0.469. The first-order chi connectivity index (χ1) is 9.40. The molecule has 20 heavy (non-hydrogen) atoms. The van der Waals surface area contributed by atoms with Gasteiger partial charge in [0, 0.05) is 18.0 Å². The van der Waals surface area contributed by atoms with Crippen molar-refractivity contribution in [1.82, 2.24) is 9.55 Å². The molecule has 2 aromatic rings. The second kappa shape index (κ2) is 6.22. The summed E-state index contributed by atoms with van der Waals surface area (Å²) < 4.78 is 38.2. The minimum atomic E-state index is -4.10. The minimum absolute atomic E-state index is 0.0957. The van der Waals surface area contributed by atoms with Crippen LogP contribution in [0.1, 0.15) is 25.1 Å². The predicted molar refractivity (Wildman–Crippen MR) is 74.2 cm³/mol. The number of aromatic nitrogens is 2. The maximum Gasteiger partial charge on any atom is 0.389 e. The van der Waals surface area contributed by atoms with Gasteiger partial charge in [-0.15, -0.1) is 11.6 Å². The van der Waals surface area contributed by atoms with Gasteiger partial charge >= 0.3 is 6.18 Å². The molecule has 1 heterocycles. The normalized spacial score (nSPS) is 12.2. The zero-order chi connectivity index (χ0) is 14.8. The number of hydrogen-bond acceptors (Lipinski definition) is 1. The van der Waals surface area contributed by atoms with Crippen LogP contribution >= 0.6 is 23.2 Å². The maximum absolute atomic E-state index is 12.1. The quantitative estimate of drug-likeness (QED) is 0.548. The van der Waals surface area contributed by atoms with Crippen molar-refractivity contribution in [2.45, 2.75) is 37.9 Å². The maximum atomic E-state index is 12.1. The number of aryl methyl sites for hydroxylation is 1. The molecule has 0 spiro atoms. The number of hydrogen-bond donors (Lipinski definition) is 0. The number of alkyl halides is 4. The Bertz CT molecular complexity index is 593. The van der Waals surface area contributed by atoms with Gasteiger partial charge in [0.1, 0.15) is 5.82 Å². The monoisotopic (exact) mass is 324 g/mol. The van der Waals surface area contributed by atoms with Gasteiger partial charge in [-0.1, -0.05) is 11.6 Å². The Balaban J connectivity index is 2.12. The van der Waals surface area contributed by atoms with Gasteiger partial charge < -0.3 is 4.57 Å². The van der Waals surface area contributed by atoms with Crippen molar-refractivity contribution in [3.63, 3.8) is 0 Å². The summed E-state index contributed by atoms with van der Waals surface area (Å²) >= 11 is 11.7. The molecule has 1 aromatic heterocycles. The Morgan fingerprint density at radius 2 is 1.95 bits per heavy atom. The van der Waals surface area contributed by atoms with Gasteiger partial charge in [-0.3, -0.25) is 0 Å². The van der Waals surface area contributed by atoms with Crippen LogP contribution in [0.2, 0.25) is 5.02 Å². The van der Waals surface area contributed by atoms with Crippen LogP contribution in [0.15, 0.2) is 18.2 Å². The lowest BCUT2D eigenvalue weighted by Gasteiger charge is -2.09. The average Bonchev–Trinajstić information content (AvgIpc) is 2.70. The van der Waals surface area contributed by atoms with Crippen molar-refractivity contribution in [3.8, 4) is 0 Å². The van der Waals surface area contributed by atoms with E-state index in [-0.39, 0.29) is 12.3 Å². The topological polar surface area (TPSA) is 17.8 Å². The van der Waals surface area contributed by atoms with Gasteiger partial charge in [0.25, 0.3) is 0 Å². The summed E-state index contributed by atoms with van der Waals surface area (Å²) in [5.41, 5.74) is 1.56. The van der Waals surface area contributed by atoms with E-state index in [0.717, 1.165) is 5.52 Å². The van der Waals surface area contributed by atoms with Crippen LogP contribution in [0.3, 0.4) is 0 Å². The summed E-state index contributed by atoms with van der Waals surface area (Å²) in [5.74, 6) is 0.863. The molecule has 0 bridgehead atoms. The number of imidazole rings is 1. The first-order valence-corrected chi connectivity index (χ1v) is 7.09. The molecule has 110 valence electrons. The van der Waals surface area contributed by atoms with E-state index in [1.165, 1.54) is 0 Å². The Labute approximate surface area is 124 Å². The summed E-state index contributed by atoms with van der Waals surface area (Å²) in [4.78, 5) is 4.34. The number of benzene rings is 1. The molecule has 0 amide bonds. The highest BCUT2D eigenvalue weighted by molar-refractivity contribution is 6.31. The van der Waals surface area contributed by atoms with Gasteiger partial charge in [0.05, 0.1) is 16.9 Å². The highest BCUT2D eigenvalue weighted by atomic mass is 35.5. The van der Waals surface area contributed by atoms with E-state index in [4.69, 9.17) is 23.2 Å². The van der Waals surface area contributed by atoms with Gasteiger partial charge in [-0.05, 0) is 31.0 Å². The van der Waals surface area contributed by atoms with Crippen LogP contribution in [0.25, 0.3) is 11.0 Å². The molecule has 2 rings (SSSR count). The van der Waals surface area contributed by atoms with Crippen molar-refractivity contribution >= 4 is 34.2 Å². The molecule has 0 saturated carbocycles. The molecular weight excluding hydrogens is 312 g/mol. The fraction of sp³-hybridized carbons (Fsp3) is 0.462. The Morgan fingerprint density at radius 1 is 1.20 bits per heavy atom. The molecule has 0 aliphatic heterocycles. The molecule has 0 unspecified atom stereocenters. The molecule has 2 nitrogen and oxygen atoms in total. The summed E-state index contributed by atoms with van der Waals surface area (Å²) in [7, 11) is 0. The van der Waals surface area contributed by atoms with E-state index in [0.29, 0.717) is 29.3 Å². The number of nitrogens with zero attached hydrogens (tertiary/aromatic N) is 2. The molecule has 0 N–H and O–H groups in total. The highest BCUT2D eigenvalue weighted by Crippen LogP contribution is 2.24. The summed E-state index contributed by atoms with van der Waals surface area (Å²) in [6, 6.07) is 5.26. The predicted octanol–water partition coefficient (Wildman–Crippen LogP) is 5.16. The molecule has 0 radical (unpaired) electrons. The number of halogens is 5. The van der Waals surface area contributed by atoms with Crippen LogP contribution in [-0.2, 0) is 12.4 Å². The molecule has 1 aromatic carbocycles. The number of rotatable bonds is 5. The van der Waals surface area contributed by atoms with Gasteiger partial charge in [0.2, 0.25) is 0 Å². The standard InChI is InChI=1S/C13H13Cl2F3N2/c14-8-12-19-10-7-9(15)3-4-11(10)20(12)6-2-1-5-13(16,17)18/h3-4,7H,1-2,5-6,8H2. The van der Waals surface area contributed by atoms with Crippen LogP contribution in [0.5, 0.6) is 0 Å². The Kier molecular flexibility index (Phi) is 4.81. The summed E-state index contributed by atoms with van der Waals surface area (Å²) in [6.07, 6.45) is -4.34. The van der Waals surface area contributed by atoms with Crippen molar-refractivity contribution in [3.05, 3.63) is 29.0 Å². The molecule has 0 aliphatic carbocycles. The zero-order valence-corrected chi connectivity index (χ0v) is 12.1. The van der Waals surface area contributed by atoms with E-state index < -0.39 is 12.6 Å². The third-order valence-corrected chi connectivity index (χ3v) is 3.47. The Morgan fingerprint density at radius 3 is 2.60 bits per heavy atom. The lowest BCUT2D eigenvalue weighted by atomic mass is 10.2. The van der Waals surface area contributed by atoms with Crippen LogP contribution in [-0.4, -0.2) is 15.7 Å². The third-order valence-electron chi connectivity index (χ3n) is 3.00. The first-order valence-electron chi connectivity index (χ1n) is 6.18. The Hall–Kier alpha value is -0.940. The zero-order valence-electron chi connectivity index (χ0n) is 10.6. The fourth-order valence-corrected chi connectivity index (χ4v) is 2.47. The highest BCUT2D eigenvalue weighted by Gasteiger charge is 2.25. The number of fused-ring (bicyclic) bond motifs is 1. The SMILES string of the molecule is FC(F)(F)CCCCn1c(CCl)nc2cc(Cl)ccc21. The lowest BCUT2D eigenvalue weighted by Crippen LogP contribution is -2.08. The van der Waals surface area contributed by atoms with Crippen LogP contribution < -0.4 is 0 Å². The van der Waals surface area contributed by atoms with E-state index in [2.05, 4.69) is 4.98 Å². The van der Waals surface area contributed by atoms with E-state index in [9.17, 15) is 13.2 Å². The molecular formula is C13H13Cl2F3N2. The van der Waals surface area contributed by atoms with Crippen molar-refractivity contribution in [2.24, 2.45) is 0 Å². The fourth-order valence-electron chi connectivity index (χ4n) is 2.10. The average molecular weight is 325 g/mol. The van der Waals surface area contributed by atoms with Gasteiger partial charge in [0.15, 0.2) is 0 Å². The second-order valence-corrected chi connectivity index (χ2v) is 5.22. The van der Waals surface area contributed by atoms with Crippen molar-refractivity contribution < 1.29 is 13.2 Å². The van der Waals surface area contributed by atoms with Gasteiger partial charge in [-0.25, -0.2) is 4.98 Å². The second-order valence-electron chi connectivity index (χ2n) is 4.52. The van der Waals surface area contributed by atoms with E-state index in [1.807, 2.05) is 10.6 Å². The minimum Gasteiger partial charge on any atom is -0.327 e. The van der Waals surface area contributed by atoms with Crippen molar-refractivity contribution in [2.75, 3.05) is 0 Å². The molecule has 7 heteroatoms. The molecule has 0 aliphatic rings. The lowest BCUT2D eigenvalue weighted by molar-refractivity contribution is -0.135. The third kappa shape index (κ3) is 3.79.